The fourth-order valence-corrected chi connectivity index (χ4v) is 3.56. The number of rotatable bonds is 8. The fraction of sp³-hybridized carbons (Fsp3) is 0.154. The van der Waals surface area contributed by atoms with E-state index in [2.05, 4.69) is 15.4 Å². The van der Waals surface area contributed by atoms with Gasteiger partial charge in [-0.1, -0.05) is 24.3 Å². The molecule has 4 aromatic rings. The minimum atomic E-state index is -0.474. The van der Waals surface area contributed by atoms with Gasteiger partial charge in [-0.25, -0.2) is 0 Å². The topological polar surface area (TPSA) is 112 Å². The molecular formula is C26H25N5O3. The molecule has 2 heterocycles. The number of hydrogen-bond acceptors (Lipinski definition) is 5. The lowest BCUT2D eigenvalue weighted by atomic mass is 10.1. The zero-order chi connectivity index (χ0) is 24.1. The summed E-state index contributed by atoms with van der Waals surface area (Å²) < 4.78 is 7.49. The van der Waals surface area contributed by atoms with Crippen molar-refractivity contribution in [1.29, 1.82) is 0 Å². The molecule has 0 unspecified atom stereocenters. The maximum atomic E-state index is 12.9. The van der Waals surface area contributed by atoms with E-state index in [0.717, 1.165) is 16.8 Å². The molecule has 0 fully saturated rings. The molecule has 0 aliphatic rings. The molecule has 0 aliphatic heterocycles. The first-order valence-corrected chi connectivity index (χ1v) is 10.8. The van der Waals surface area contributed by atoms with E-state index in [-0.39, 0.29) is 5.91 Å². The third-order valence-electron chi connectivity index (χ3n) is 5.42. The third-order valence-corrected chi connectivity index (χ3v) is 5.42. The Labute approximate surface area is 197 Å². The van der Waals surface area contributed by atoms with Crippen LogP contribution in [-0.2, 0) is 13.2 Å². The molecule has 0 aliphatic carbocycles. The molecule has 3 N–H and O–H groups in total. The van der Waals surface area contributed by atoms with Crippen molar-refractivity contribution in [3.63, 3.8) is 0 Å². The number of carbonyl (C=O) groups excluding carboxylic acids is 2. The Morgan fingerprint density at radius 1 is 1.00 bits per heavy atom. The minimum absolute atomic E-state index is 0.221. The summed E-state index contributed by atoms with van der Waals surface area (Å²) in [6, 6.07) is 18.0. The van der Waals surface area contributed by atoms with Gasteiger partial charge < -0.3 is 15.8 Å². The van der Waals surface area contributed by atoms with E-state index < -0.39 is 5.91 Å². The molecule has 8 nitrogen and oxygen atoms in total. The smallest absolute Gasteiger partial charge is 0.255 e. The van der Waals surface area contributed by atoms with Crippen LogP contribution in [-0.4, -0.2) is 26.6 Å². The van der Waals surface area contributed by atoms with Gasteiger partial charge in [0.25, 0.3) is 5.91 Å². The quantitative estimate of drug-likeness (QED) is 0.419. The van der Waals surface area contributed by atoms with Crippen LogP contribution in [0.4, 0.5) is 5.69 Å². The zero-order valence-electron chi connectivity index (χ0n) is 19.0. The highest BCUT2D eigenvalue weighted by molar-refractivity contribution is 6.04. The number of aromatic nitrogens is 3. The highest BCUT2D eigenvalue weighted by Gasteiger charge is 2.16. The molecule has 0 radical (unpaired) electrons. The minimum Gasteiger partial charge on any atom is -0.487 e. The van der Waals surface area contributed by atoms with Gasteiger partial charge in [-0.05, 0) is 61.4 Å². The summed E-state index contributed by atoms with van der Waals surface area (Å²) in [7, 11) is 0. The number of anilines is 1. The Morgan fingerprint density at radius 3 is 2.50 bits per heavy atom. The maximum absolute atomic E-state index is 12.9. The number of nitrogens with one attached hydrogen (secondary N) is 1. The molecule has 0 atom stereocenters. The van der Waals surface area contributed by atoms with Crippen LogP contribution in [0.2, 0.25) is 0 Å². The number of ether oxygens (including phenoxy) is 1. The van der Waals surface area contributed by atoms with Crippen LogP contribution in [0, 0.1) is 13.8 Å². The molecule has 2 aromatic heterocycles. The first kappa shape index (κ1) is 22.7. The molecule has 8 heteroatoms. The second-order valence-electron chi connectivity index (χ2n) is 7.90. The molecule has 4 rings (SSSR count). The van der Waals surface area contributed by atoms with Gasteiger partial charge in [0.2, 0.25) is 5.91 Å². The Morgan fingerprint density at radius 2 is 1.79 bits per heavy atom. The summed E-state index contributed by atoms with van der Waals surface area (Å²) in [5.41, 5.74) is 10.4. The maximum Gasteiger partial charge on any atom is 0.255 e. The number of primary amides is 1. The van der Waals surface area contributed by atoms with E-state index in [1.165, 1.54) is 0 Å². The second kappa shape index (κ2) is 9.99. The van der Waals surface area contributed by atoms with Crippen molar-refractivity contribution in [2.45, 2.75) is 27.0 Å². The average Bonchev–Trinajstić information content (AvgIpc) is 3.11. The van der Waals surface area contributed by atoms with Crippen LogP contribution in [0.15, 0.2) is 73.1 Å². The first-order valence-electron chi connectivity index (χ1n) is 10.8. The molecule has 172 valence electrons. The Kier molecular flexibility index (Phi) is 6.68. The van der Waals surface area contributed by atoms with Crippen LogP contribution in [0.3, 0.4) is 0 Å². The highest BCUT2D eigenvalue weighted by Crippen LogP contribution is 2.22. The lowest BCUT2D eigenvalue weighted by Crippen LogP contribution is -2.14. The number of benzene rings is 2. The van der Waals surface area contributed by atoms with Crippen LogP contribution in [0.5, 0.6) is 5.75 Å². The molecule has 0 saturated heterocycles. The lowest BCUT2D eigenvalue weighted by Gasteiger charge is -2.09. The number of pyridine rings is 1. The van der Waals surface area contributed by atoms with Gasteiger partial charge in [0.05, 0.1) is 29.8 Å². The van der Waals surface area contributed by atoms with Crippen molar-refractivity contribution in [2.24, 2.45) is 5.73 Å². The molecule has 0 saturated carbocycles. The third kappa shape index (κ3) is 5.29. The predicted octanol–water partition coefficient (Wildman–Crippen LogP) is 3.87. The van der Waals surface area contributed by atoms with E-state index in [1.807, 2.05) is 44.2 Å². The van der Waals surface area contributed by atoms with Crippen LogP contribution < -0.4 is 15.8 Å². The van der Waals surface area contributed by atoms with E-state index in [4.69, 9.17) is 10.5 Å². The monoisotopic (exact) mass is 455 g/mol. The van der Waals surface area contributed by atoms with Gasteiger partial charge >= 0.3 is 0 Å². The summed E-state index contributed by atoms with van der Waals surface area (Å²) in [5, 5.41) is 7.53. The summed E-state index contributed by atoms with van der Waals surface area (Å²) in [6.45, 7) is 4.58. The van der Waals surface area contributed by atoms with Gasteiger partial charge in [0.1, 0.15) is 12.4 Å². The average molecular weight is 456 g/mol. The zero-order valence-corrected chi connectivity index (χ0v) is 19.0. The highest BCUT2D eigenvalue weighted by atomic mass is 16.5. The van der Waals surface area contributed by atoms with Gasteiger partial charge in [0, 0.05) is 17.3 Å². The number of nitrogens with two attached hydrogens (primary N) is 1. The number of hydrogen-bond donors (Lipinski definition) is 2. The van der Waals surface area contributed by atoms with Crippen molar-refractivity contribution in [1.82, 2.24) is 14.8 Å². The van der Waals surface area contributed by atoms with Gasteiger partial charge in [0.15, 0.2) is 0 Å². The number of carbonyl (C=O) groups is 2. The fourth-order valence-electron chi connectivity index (χ4n) is 3.56. The van der Waals surface area contributed by atoms with E-state index in [0.29, 0.717) is 41.4 Å². The van der Waals surface area contributed by atoms with Crippen molar-refractivity contribution in [2.75, 3.05) is 5.32 Å². The number of amides is 2. The van der Waals surface area contributed by atoms with Gasteiger partial charge in [-0.3, -0.25) is 19.3 Å². The summed E-state index contributed by atoms with van der Waals surface area (Å²) in [6.07, 6.45) is 3.34. The van der Waals surface area contributed by atoms with E-state index in [9.17, 15) is 9.59 Å². The van der Waals surface area contributed by atoms with Crippen molar-refractivity contribution in [3.8, 4) is 5.75 Å². The SMILES string of the molecule is Cc1nn(Cc2cccc(C(N)=O)c2)c(C)c1NC(=O)c1ccc(COc2cccnc2)cc1. The largest absolute Gasteiger partial charge is 0.487 e. The second-order valence-corrected chi connectivity index (χ2v) is 7.90. The van der Waals surface area contributed by atoms with Crippen LogP contribution in [0.25, 0.3) is 0 Å². The summed E-state index contributed by atoms with van der Waals surface area (Å²) in [4.78, 5) is 28.3. The Bertz CT molecular complexity index is 1310. The standard InChI is InChI=1S/C26H25N5O3/c1-17-24(18(2)31(30-17)15-20-5-3-6-22(13-20)25(27)32)29-26(33)21-10-8-19(9-11-21)16-34-23-7-4-12-28-14-23/h3-14H,15-16H2,1-2H3,(H2,27,32)(H,29,33). The molecule has 2 amide bonds. The Balaban J connectivity index is 1.42. The summed E-state index contributed by atoms with van der Waals surface area (Å²) in [5.74, 6) is -0.00679. The Hall–Kier alpha value is -4.46. The molecule has 2 aromatic carbocycles. The van der Waals surface area contributed by atoms with Gasteiger partial charge in [-0.15, -0.1) is 0 Å². The van der Waals surface area contributed by atoms with Crippen molar-refractivity contribution >= 4 is 17.5 Å². The van der Waals surface area contributed by atoms with Crippen LogP contribution >= 0.6 is 0 Å². The first-order chi connectivity index (χ1) is 16.4. The molecular weight excluding hydrogens is 430 g/mol. The van der Waals surface area contributed by atoms with E-state index >= 15 is 0 Å². The van der Waals surface area contributed by atoms with Crippen molar-refractivity contribution < 1.29 is 14.3 Å². The van der Waals surface area contributed by atoms with Gasteiger partial charge in [-0.2, -0.15) is 5.10 Å². The number of aryl methyl sites for hydroxylation is 1. The van der Waals surface area contributed by atoms with E-state index in [1.54, 1.807) is 47.4 Å². The molecule has 0 bridgehead atoms. The van der Waals surface area contributed by atoms with Crippen LogP contribution in [0.1, 0.15) is 43.2 Å². The molecule has 0 spiro atoms. The predicted molar refractivity (Wildman–Crippen MR) is 129 cm³/mol. The lowest BCUT2D eigenvalue weighted by molar-refractivity contribution is 0.0997. The normalized spacial score (nSPS) is 10.6. The molecule has 34 heavy (non-hydrogen) atoms. The number of nitrogens with zero attached hydrogens (tertiary/aromatic N) is 3. The summed E-state index contributed by atoms with van der Waals surface area (Å²) >= 11 is 0. The van der Waals surface area contributed by atoms with Crippen molar-refractivity contribution in [3.05, 3.63) is 107 Å².